The van der Waals surface area contributed by atoms with Crippen molar-refractivity contribution >= 4 is 10.0 Å². The molecular formula is C14H22N2O3S. The average Bonchev–Trinajstić information content (AvgIpc) is 2.68. The van der Waals surface area contributed by atoms with Gasteiger partial charge >= 0.3 is 0 Å². The number of rotatable bonds is 4. The Morgan fingerprint density at radius 2 is 2.20 bits per heavy atom. The van der Waals surface area contributed by atoms with E-state index >= 15 is 0 Å². The highest BCUT2D eigenvalue weighted by molar-refractivity contribution is 7.89. The molecule has 20 heavy (non-hydrogen) atoms. The summed E-state index contributed by atoms with van der Waals surface area (Å²) in [7, 11) is -3.55. The van der Waals surface area contributed by atoms with Gasteiger partial charge in [0.1, 0.15) is 0 Å². The second-order valence-corrected chi connectivity index (χ2v) is 7.26. The van der Waals surface area contributed by atoms with Crippen LogP contribution in [0.2, 0.25) is 0 Å². The van der Waals surface area contributed by atoms with E-state index in [9.17, 15) is 8.42 Å². The van der Waals surface area contributed by atoms with Crippen LogP contribution >= 0.6 is 0 Å². The maximum atomic E-state index is 12.5. The van der Waals surface area contributed by atoms with E-state index < -0.39 is 15.6 Å². The topological polar surface area (TPSA) is 81.4 Å². The van der Waals surface area contributed by atoms with Crippen LogP contribution in [0.1, 0.15) is 31.4 Å². The van der Waals surface area contributed by atoms with E-state index in [-0.39, 0.29) is 11.0 Å². The van der Waals surface area contributed by atoms with Crippen LogP contribution in [-0.2, 0) is 21.3 Å². The molecule has 112 valence electrons. The minimum absolute atomic E-state index is 0.137. The SMILES string of the molecule is Cc1cc(S(=O)(=O)NC2(C)CCOC2C)ccc1CN. The zero-order chi connectivity index (χ0) is 15.0. The van der Waals surface area contributed by atoms with Crippen LogP contribution in [0.3, 0.4) is 0 Å². The van der Waals surface area contributed by atoms with Gasteiger partial charge in [0.05, 0.1) is 16.5 Å². The van der Waals surface area contributed by atoms with Crippen molar-refractivity contribution in [3.8, 4) is 0 Å². The van der Waals surface area contributed by atoms with E-state index in [1.165, 1.54) is 0 Å². The Labute approximate surface area is 120 Å². The minimum atomic E-state index is -3.55. The Bertz CT molecular complexity index is 600. The van der Waals surface area contributed by atoms with E-state index in [2.05, 4.69) is 4.72 Å². The number of aryl methyl sites for hydroxylation is 1. The number of hydrogen-bond acceptors (Lipinski definition) is 4. The van der Waals surface area contributed by atoms with Gasteiger partial charge in [-0.2, -0.15) is 0 Å². The van der Waals surface area contributed by atoms with E-state index in [0.29, 0.717) is 19.6 Å². The number of ether oxygens (including phenoxy) is 1. The summed E-state index contributed by atoms with van der Waals surface area (Å²) in [6.45, 7) is 6.61. The summed E-state index contributed by atoms with van der Waals surface area (Å²) in [6.07, 6.45) is 0.537. The van der Waals surface area contributed by atoms with Crippen molar-refractivity contribution in [2.45, 2.75) is 50.3 Å². The van der Waals surface area contributed by atoms with Crippen LogP contribution in [0.4, 0.5) is 0 Å². The molecule has 6 heteroatoms. The van der Waals surface area contributed by atoms with Crippen LogP contribution in [0, 0.1) is 6.92 Å². The molecule has 0 aliphatic carbocycles. The van der Waals surface area contributed by atoms with Crippen LogP contribution in [0.25, 0.3) is 0 Å². The second kappa shape index (κ2) is 5.44. The summed E-state index contributed by atoms with van der Waals surface area (Å²) in [4.78, 5) is 0.271. The molecule has 0 radical (unpaired) electrons. The molecule has 3 N–H and O–H groups in total. The molecule has 1 aliphatic heterocycles. The molecule has 0 amide bonds. The van der Waals surface area contributed by atoms with E-state index in [0.717, 1.165) is 11.1 Å². The third-order valence-corrected chi connectivity index (χ3v) is 5.71. The first-order valence-electron chi connectivity index (χ1n) is 6.74. The largest absolute Gasteiger partial charge is 0.376 e. The van der Waals surface area contributed by atoms with Crippen molar-refractivity contribution in [2.24, 2.45) is 5.73 Å². The summed E-state index contributed by atoms with van der Waals surface area (Å²) < 4.78 is 33.2. The Kier molecular flexibility index (Phi) is 4.20. The molecule has 2 rings (SSSR count). The Morgan fingerprint density at radius 3 is 2.70 bits per heavy atom. The van der Waals surface area contributed by atoms with Crippen molar-refractivity contribution in [3.63, 3.8) is 0 Å². The summed E-state index contributed by atoms with van der Waals surface area (Å²) in [6, 6.07) is 5.02. The first kappa shape index (κ1) is 15.4. The number of benzene rings is 1. The third kappa shape index (κ3) is 2.88. The van der Waals surface area contributed by atoms with Gasteiger partial charge in [-0.25, -0.2) is 13.1 Å². The van der Waals surface area contributed by atoms with Gasteiger partial charge in [0, 0.05) is 13.2 Å². The Balaban J connectivity index is 2.29. The van der Waals surface area contributed by atoms with Gasteiger partial charge in [-0.05, 0) is 50.5 Å². The third-order valence-electron chi connectivity index (χ3n) is 4.10. The maximum Gasteiger partial charge on any atom is 0.241 e. The standard InChI is InChI=1S/C14H22N2O3S/c1-10-8-13(5-4-12(10)9-15)20(17,18)16-14(3)6-7-19-11(14)2/h4-5,8,11,16H,6-7,9,15H2,1-3H3. The maximum absolute atomic E-state index is 12.5. The van der Waals surface area contributed by atoms with E-state index in [4.69, 9.17) is 10.5 Å². The molecule has 0 bridgehead atoms. The molecule has 1 fully saturated rings. The minimum Gasteiger partial charge on any atom is -0.376 e. The summed E-state index contributed by atoms with van der Waals surface area (Å²) in [5.74, 6) is 0. The molecule has 2 atom stereocenters. The fraction of sp³-hybridized carbons (Fsp3) is 0.571. The van der Waals surface area contributed by atoms with Crippen molar-refractivity contribution in [3.05, 3.63) is 29.3 Å². The molecule has 5 nitrogen and oxygen atoms in total. The number of nitrogens with two attached hydrogens (primary N) is 1. The predicted octanol–water partition coefficient (Wildman–Crippen LogP) is 1.30. The summed E-state index contributed by atoms with van der Waals surface area (Å²) in [5.41, 5.74) is 6.88. The normalized spacial score (nSPS) is 26.9. The number of sulfonamides is 1. The molecular weight excluding hydrogens is 276 g/mol. The highest BCUT2D eigenvalue weighted by atomic mass is 32.2. The molecule has 1 aromatic carbocycles. The average molecular weight is 298 g/mol. The molecule has 1 aliphatic rings. The highest BCUT2D eigenvalue weighted by Gasteiger charge is 2.40. The predicted molar refractivity (Wildman–Crippen MR) is 77.8 cm³/mol. The highest BCUT2D eigenvalue weighted by Crippen LogP contribution is 2.27. The van der Waals surface area contributed by atoms with Gasteiger partial charge in [0.15, 0.2) is 0 Å². The van der Waals surface area contributed by atoms with Gasteiger partial charge in [-0.3, -0.25) is 0 Å². The molecule has 2 unspecified atom stereocenters. The smallest absolute Gasteiger partial charge is 0.241 e. The lowest BCUT2D eigenvalue weighted by Gasteiger charge is -2.28. The van der Waals surface area contributed by atoms with Crippen LogP contribution < -0.4 is 10.5 Å². The molecule has 1 heterocycles. The lowest BCUT2D eigenvalue weighted by Crippen LogP contribution is -2.50. The second-order valence-electron chi connectivity index (χ2n) is 5.58. The fourth-order valence-corrected chi connectivity index (χ4v) is 3.98. The van der Waals surface area contributed by atoms with Crippen molar-refractivity contribution in [1.29, 1.82) is 0 Å². The monoisotopic (exact) mass is 298 g/mol. The van der Waals surface area contributed by atoms with Gasteiger partial charge < -0.3 is 10.5 Å². The Hall–Kier alpha value is -0.950. The van der Waals surface area contributed by atoms with E-state index in [1.807, 2.05) is 20.8 Å². The van der Waals surface area contributed by atoms with Crippen LogP contribution in [0.15, 0.2) is 23.1 Å². The molecule has 0 saturated carbocycles. The first-order valence-corrected chi connectivity index (χ1v) is 8.22. The zero-order valence-electron chi connectivity index (χ0n) is 12.1. The van der Waals surface area contributed by atoms with E-state index in [1.54, 1.807) is 18.2 Å². The van der Waals surface area contributed by atoms with Crippen LogP contribution in [0.5, 0.6) is 0 Å². The first-order chi connectivity index (χ1) is 9.28. The summed E-state index contributed by atoms with van der Waals surface area (Å²) in [5, 5.41) is 0. The number of nitrogens with one attached hydrogen (secondary N) is 1. The fourth-order valence-electron chi connectivity index (χ4n) is 2.40. The lowest BCUT2D eigenvalue weighted by molar-refractivity contribution is 0.0957. The van der Waals surface area contributed by atoms with Gasteiger partial charge in [0.25, 0.3) is 0 Å². The zero-order valence-corrected chi connectivity index (χ0v) is 13.0. The molecule has 1 saturated heterocycles. The van der Waals surface area contributed by atoms with Crippen LogP contribution in [-0.4, -0.2) is 26.7 Å². The van der Waals surface area contributed by atoms with Crippen molar-refractivity contribution in [1.82, 2.24) is 4.72 Å². The van der Waals surface area contributed by atoms with Crippen molar-refractivity contribution in [2.75, 3.05) is 6.61 Å². The Morgan fingerprint density at radius 1 is 1.50 bits per heavy atom. The molecule has 1 aromatic rings. The molecule has 0 spiro atoms. The summed E-state index contributed by atoms with van der Waals surface area (Å²) >= 11 is 0. The van der Waals surface area contributed by atoms with Crippen molar-refractivity contribution < 1.29 is 13.2 Å². The quantitative estimate of drug-likeness (QED) is 0.878. The van der Waals surface area contributed by atoms with Gasteiger partial charge in [-0.1, -0.05) is 6.07 Å². The number of hydrogen-bond donors (Lipinski definition) is 2. The lowest BCUT2D eigenvalue weighted by atomic mass is 9.97. The molecule has 0 aromatic heterocycles. The van der Waals surface area contributed by atoms with Gasteiger partial charge in [0.2, 0.25) is 10.0 Å². The van der Waals surface area contributed by atoms with Gasteiger partial charge in [-0.15, -0.1) is 0 Å².